The summed E-state index contributed by atoms with van der Waals surface area (Å²) < 4.78 is 6.03. The standard InChI is InChI=1S/C30H52O3/c1-7-19(3)26(31)12-9-20(4)23-10-11-24-28-25(14-16-30(23,24)6)29(5)15-13-22(33-8-2)17-21(29)18-27(28)32/h19-25,27-28,32H,7-18H2,1-6H3/t19?,20-,21?,22-,23-,24?,25+,27+,28+,29+,30-/m1/s1. The van der Waals surface area contributed by atoms with Crippen LogP contribution in [-0.2, 0) is 9.53 Å². The van der Waals surface area contributed by atoms with E-state index in [4.69, 9.17) is 4.74 Å². The van der Waals surface area contributed by atoms with Gasteiger partial charge in [-0.1, -0.05) is 34.6 Å². The molecule has 4 saturated carbocycles. The van der Waals surface area contributed by atoms with Gasteiger partial charge in [0.1, 0.15) is 5.78 Å². The molecule has 11 atom stereocenters. The minimum Gasteiger partial charge on any atom is -0.393 e. The molecule has 0 bridgehead atoms. The maximum Gasteiger partial charge on any atom is 0.135 e. The SMILES string of the molecule is CCO[C@@H]1CC[C@@]2(C)C(C1)C[C@H](O)[C@H]1C3CC[C@H]([C@H](C)CCC(=O)C(C)CC)[C@@]3(C)CC[C@@H]12. The minimum absolute atomic E-state index is 0.140. The summed E-state index contributed by atoms with van der Waals surface area (Å²) in [5.74, 6) is 4.41. The van der Waals surface area contributed by atoms with Gasteiger partial charge in [-0.15, -0.1) is 0 Å². The second kappa shape index (κ2) is 9.92. The zero-order valence-electron chi connectivity index (χ0n) is 22.4. The van der Waals surface area contributed by atoms with Gasteiger partial charge in [0.2, 0.25) is 0 Å². The van der Waals surface area contributed by atoms with Gasteiger partial charge >= 0.3 is 0 Å². The van der Waals surface area contributed by atoms with Crippen LogP contribution in [0.5, 0.6) is 0 Å². The van der Waals surface area contributed by atoms with Crippen LogP contribution in [0.2, 0.25) is 0 Å². The molecule has 4 rings (SSSR count). The first kappa shape index (κ1) is 25.7. The van der Waals surface area contributed by atoms with Crippen LogP contribution in [0.15, 0.2) is 0 Å². The zero-order chi connectivity index (χ0) is 24.0. The average molecular weight is 461 g/mol. The van der Waals surface area contributed by atoms with E-state index in [1.807, 2.05) is 0 Å². The lowest BCUT2D eigenvalue weighted by atomic mass is 9.43. The van der Waals surface area contributed by atoms with Gasteiger partial charge in [0.25, 0.3) is 0 Å². The Kier molecular flexibility index (Phi) is 7.72. The van der Waals surface area contributed by atoms with Crippen LogP contribution < -0.4 is 0 Å². The quantitative estimate of drug-likeness (QED) is 0.422. The molecule has 33 heavy (non-hydrogen) atoms. The molecule has 190 valence electrons. The predicted molar refractivity (Wildman–Crippen MR) is 135 cm³/mol. The summed E-state index contributed by atoms with van der Waals surface area (Å²) in [7, 11) is 0. The molecule has 3 unspecified atom stereocenters. The lowest BCUT2D eigenvalue weighted by Gasteiger charge is -2.62. The van der Waals surface area contributed by atoms with Crippen molar-refractivity contribution in [2.75, 3.05) is 6.61 Å². The van der Waals surface area contributed by atoms with E-state index < -0.39 is 0 Å². The van der Waals surface area contributed by atoms with E-state index in [0.717, 1.165) is 38.7 Å². The van der Waals surface area contributed by atoms with Gasteiger partial charge < -0.3 is 9.84 Å². The van der Waals surface area contributed by atoms with Crippen molar-refractivity contribution < 1.29 is 14.6 Å². The van der Waals surface area contributed by atoms with Crippen molar-refractivity contribution in [3.05, 3.63) is 0 Å². The number of ether oxygens (including phenoxy) is 1. The Morgan fingerprint density at radius 2 is 1.70 bits per heavy atom. The van der Waals surface area contributed by atoms with E-state index in [1.54, 1.807) is 0 Å². The predicted octanol–water partition coefficient (Wildman–Crippen LogP) is 7.05. The number of hydrogen-bond acceptors (Lipinski definition) is 3. The normalized spacial score (nSPS) is 46.7. The molecular weight excluding hydrogens is 408 g/mol. The van der Waals surface area contributed by atoms with Gasteiger partial charge in [-0.2, -0.15) is 0 Å². The molecule has 4 aliphatic rings. The van der Waals surface area contributed by atoms with E-state index in [-0.39, 0.29) is 12.0 Å². The van der Waals surface area contributed by atoms with Crippen LogP contribution in [0.4, 0.5) is 0 Å². The molecule has 0 heterocycles. The molecule has 3 heteroatoms. The summed E-state index contributed by atoms with van der Waals surface area (Å²) in [6, 6.07) is 0. The molecule has 0 aromatic heterocycles. The van der Waals surface area contributed by atoms with Crippen molar-refractivity contribution in [1.29, 1.82) is 0 Å². The smallest absolute Gasteiger partial charge is 0.135 e. The summed E-state index contributed by atoms with van der Waals surface area (Å²) in [6.07, 6.45) is 12.8. The Balaban J connectivity index is 1.46. The number of ketones is 1. The largest absolute Gasteiger partial charge is 0.393 e. The van der Waals surface area contributed by atoms with Crippen LogP contribution in [-0.4, -0.2) is 29.7 Å². The number of aliphatic hydroxyl groups is 1. The number of carbonyl (C=O) groups excluding carboxylic acids is 1. The van der Waals surface area contributed by atoms with Crippen LogP contribution in [0.3, 0.4) is 0 Å². The number of aliphatic hydroxyl groups excluding tert-OH is 1. The van der Waals surface area contributed by atoms with Crippen LogP contribution in [0.25, 0.3) is 0 Å². The molecule has 0 spiro atoms. The van der Waals surface area contributed by atoms with E-state index in [9.17, 15) is 9.90 Å². The first-order valence-electron chi connectivity index (χ1n) is 14.5. The first-order chi connectivity index (χ1) is 15.7. The summed E-state index contributed by atoms with van der Waals surface area (Å²) >= 11 is 0. The highest BCUT2D eigenvalue weighted by molar-refractivity contribution is 5.80. The van der Waals surface area contributed by atoms with Crippen molar-refractivity contribution in [3.8, 4) is 0 Å². The number of hydrogen-bond donors (Lipinski definition) is 1. The molecule has 0 radical (unpaired) electrons. The third kappa shape index (κ3) is 4.48. The third-order valence-electron chi connectivity index (χ3n) is 11.8. The van der Waals surface area contributed by atoms with Crippen molar-refractivity contribution >= 4 is 5.78 Å². The number of Topliss-reactive ketones (excluding diaryl/α,β-unsaturated/α-hetero) is 1. The molecule has 0 aromatic rings. The average Bonchev–Trinajstić information content (AvgIpc) is 3.15. The van der Waals surface area contributed by atoms with Gasteiger partial charge in [-0.3, -0.25) is 4.79 Å². The number of carbonyl (C=O) groups is 1. The zero-order valence-corrected chi connectivity index (χ0v) is 22.4. The summed E-state index contributed by atoms with van der Waals surface area (Å²) in [5, 5.41) is 11.5. The Bertz CT molecular complexity index is 690. The third-order valence-corrected chi connectivity index (χ3v) is 11.8. The Labute approximate surface area is 203 Å². The maximum absolute atomic E-state index is 12.5. The Hall–Kier alpha value is -0.410. The van der Waals surface area contributed by atoms with E-state index in [0.29, 0.717) is 58.2 Å². The second-order valence-corrected chi connectivity index (χ2v) is 13.2. The van der Waals surface area contributed by atoms with Crippen LogP contribution >= 0.6 is 0 Å². The fraction of sp³-hybridized carbons (Fsp3) is 0.967. The fourth-order valence-electron chi connectivity index (χ4n) is 9.59. The first-order valence-corrected chi connectivity index (χ1v) is 14.5. The van der Waals surface area contributed by atoms with Gasteiger partial charge in [0.15, 0.2) is 0 Å². The Morgan fingerprint density at radius 1 is 1.00 bits per heavy atom. The summed E-state index contributed by atoms with van der Waals surface area (Å²) in [6.45, 7) is 14.7. The highest BCUT2D eigenvalue weighted by atomic mass is 16.5. The van der Waals surface area contributed by atoms with E-state index >= 15 is 0 Å². The lowest BCUT2D eigenvalue weighted by Crippen LogP contribution is -2.58. The topological polar surface area (TPSA) is 46.5 Å². The molecule has 3 nitrogen and oxygen atoms in total. The van der Waals surface area contributed by atoms with Gasteiger partial charge in [-0.25, -0.2) is 0 Å². The lowest BCUT2D eigenvalue weighted by molar-refractivity contribution is -0.178. The molecule has 4 aliphatic carbocycles. The molecule has 0 aliphatic heterocycles. The molecule has 0 saturated heterocycles. The molecule has 0 amide bonds. The number of rotatable bonds is 8. The van der Waals surface area contributed by atoms with Gasteiger partial charge in [-0.05, 0) is 117 Å². The van der Waals surface area contributed by atoms with Gasteiger partial charge in [0, 0.05) is 18.9 Å². The van der Waals surface area contributed by atoms with Crippen molar-refractivity contribution in [2.24, 2.45) is 52.3 Å². The van der Waals surface area contributed by atoms with E-state index in [1.165, 1.54) is 38.5 Å². The summed E-state index contributed by atoms with van der Waals surface area (Å²) in [5.41, 5.74) is 0.720. The van der Waals surface area contributed by atoms with Crippen LogP contribution in [0, 0.1) is 52.3 Å². The molecule has 0 aromatic carbocycles. The summed E-state index contributed by atoms with van der Waals surface area (Å²) in [4.78, 5) is 12.5. The molecular formula is C30H52O3. The number of fused-ring (bicyclic) bond motifs is 5. The van der Waals surface area contributed by atoms with Crippen molar-refractivity contribution in [2.45, 2.75) is 124 Å². The van der Waals surface area contributed by atoms with Crippen LogP contribution in [0.1, 0.15) is 112 Å². The van der Waals surface area contributed by atoms with Crippen molar-refractivity contribution in [3.63, 3.8) is 0 Å². The van der Waals surface area contributed by atoms with E-state index in [2.05, 4.69) is 41.5 Å². The monoisotopic (exact) mass is 460 g/mol. The highest BCUT2D eigenvalue weighted by Gasteiger charge is 2.62. The van der Waals surface area contributed by atoms with Gasteiger partial charge in [0.05, 0.1) is 12.2 Å². The second-order valence-electron chi connectivity index (χ2n) is 13.2. The molecule has 1 N–H and O–H groups in total. The molecule has 4 fully saturated rings. The fourth-order valence-corrected chi connectivity index (χ4v) is 9.59. The Morgan fingerprint density at radius 3 is 2.39 bits per heavy atom. The van der Waals surface area contributed by atoms with Crippen molar-refractivity contribution in [1.82, 2.24) is 0 Å². The maximum atomic E-state index is 12.5. The minimum atomic E-state index is -0.140. The highest BCUT2D eigenvalue weighted by Crippen LogP contribution is 2.68.